The van der Waals surface area contributed by atoms with Crippen molar-refractivity contribution >= 4 is 39.1 Å². The largest absolute Gasteiger partial charge is 0.352 e. The summed E-state index contributed by atoms with van der Waals surface area (Å²) in [6.45, 7) is 7.37. The van der Waals surface area contributed by atoms with Gasteiger partial charge >= 0.3 is 0 Å². The van der Waals surface area contributed by atoms with Crippen LogP contribution in [0.2, 0.25) is 5.02 Å². The molecule has 0 bridgehead atoms. The van der Waals surface area contributed by atoms with Gasteiger partial charge in [0.2, 0.25) is 21.8 Å². The molecule has 0 heterocycles. The SMILES string of the molecule is CCC(C)NC(=O)C(CC)N(Cc1ccc(C)cc1)C(=O)CN(c1ccccc1Cl)S(C)(=O)=O. The van der Waals surface area contributed by atoms with Crippen molar-refractivity contribution in [3.63, 3.8) is 0 Å². The lowest BCUT2D eigenvalue weighted by atomic mass is 10.1. The van der Waals surface area contributed by atoms with Crippen LogP contribution in [0.15, 0.2) is 48.5 Å². The summed E-state index contributed by atoms with van der Waals surface area (Å²) in [5.41, 5.74) is 2.13. The molecule has 0 radical (unpaired) electrons. The second-order valence-corrected chi connectivity index (χ2v) is 10.8. The number of carbonyl (C=O) groups excluding carboxylic acids is 2. The molecule has 9 heteroatoms. The number of hydrogen-bond acceptors (Lipinski definition) is 4. The predicted octanol–water partition coefficient (Wildman–Crippen LogP) is 4.14. The van der Waals surface area contributed by atoms with Crippen molar-refractivity contribution in [3.8, 4) is 0 Å². The molecule has 2 aromatic carbocycles. The quantitative estimate of drug-likeness (QED) is 0.495. The molecular formula is C25H34ClN3O4S. The van der Waals surface area contributed by atoms with E-state index in [0.29, 0.717) is 6.42 Å². The van der Waals surface area contributed by atoms with E-state index < -0.39 is 28.5 Å². The highest BCUT2D eigenvalue weighted by molar-refractivity contribution is 7.92. The van der Waals surface area contributed by atoms with E-state index in [9.17, 15) is 18.0 Å². The third kappa shape index (κ3) is 7.46. The molecule has 2 atom stereocenters. The molecule has 0 spiro atoms. The maximum Gasteiger partial charge on any atom is 0.244 e. The maximum absolute atomic E-state index is 13.6. The lowest BCUT2D eigenvalue weighted by molar-refractivity contribution is -0.140. The van der Waals surface area contributed by atoms with Crippen LogP contribution in [0.5, 0.6) is 0 Å². The number of nitrogens with one attached hydrogen (secondary N) is 1. The van der Waals surface area contributed by atoms with Crippen LogP contribution in [0.25, 0.3) is 0 Å². The van der Waals surface area contributed by atoms with Crippen molar-refractivity contribution in [2.75, 3.05) is 17.1 Å². The zero-order valence-corrected chi connectivity index (χ0v) is 22.0. The van der Waals surface area contributed by atoms with Gasteiger partial charge in [-0.15, -0.1) is 0 Å². The normalized spacial score (nSPS) is 13.1. The number of anilines is 1. The molecule has 7 nitrogen and oxygen atoms in total. The van der Waals surface area contributed by atoms with Crippen LogP contribution in [-0.4, -0.2) is 50.0 Å². The summed E-state index contributed by atoms with van der Waals surface area (Å²) >= 11 is 6.25. The van der Waals surface area contributed by atoms with Crippen molar-refractivity contribution < 1.29 is 18.0 Å². The minimum atomic E-state index is -3.82. The van der Waals surface area contributed by atoms with E-state index in [4.69, 9.17) is 11.6 Å². The number of amides is 2. The summed E-state index contributed by atoms with van der Waals surface area (Å²) in [5.74, 6) is -0.752. The first-order chi connectivity index (χ1) is 16.0. The van der Waals surface area contributed by atoms with Crippen molar-refractivity contribution in [1.82, 2.24) is 10.2 Å². The van der Waals surface area contributed by atoms with E-state index in [1.807, 2.05) is 52.0 Å². The molecule has 0 saturated carbocycles. The highest BCUT2D eigenvalue weighted by Crippen LogP contribution is 2.27. The fourth-order valence-corrected chi connectivity index (χ4v) is 4.65. The summed E-state index contributed by atoms with van der Waals surface area (Å²) in [5, 5.41) is 3.16. The molecule has 1 N–H and O–H groups in total. The van der Waals surface area contributed by atoms with Crippen LogP contribution in [0.4, 0.5) is 5.69 Å². The lowest BCUT2D eigenvalue weighted by Crippen LogP contribution is -2.53. The van der Waals surface area contributed by atoms with Crippen LogP contribution < -0.4 is 9.62 Å². The van der Waals surface area contributed by atoms with Gasteiger partial charge in [0.1, 0.15) is 12.6 Å². The van der Waals surface area contributed by atoms with Gasteiger partial charge in [-0.05, 0) is 44.4 Å². The number of rotatable bonds is 11. The number of nitrogens with zero attached hydrogens (tertiary/aromatic N) is 2. The maximum atomic E-state index is 13.6. The average molecular weight is 508 g/mol. The van der Waals surface area contributed by atoms with Gasteiger partial charge in [-0.3, -0.25) is 13.9 Å². The molecule has 0 aliphatic carbocycles. The van der Waals surface area contributed by atoms with Crippen molar-refractivity contribution in [3.05, 3.63) is 64.7 Å². The summed E-state index contributed by atoms with van der Waals surface area (Å²) in [6.07, 6.45) is 2.16. The van der Waals surface area contributed by atoms with E-state index in [1.165, 1.54) is 4.90 Å². The molecular weight excluding hydrogens is 474 g/mol. The smallest absolute Gasteiger partial charge is 0.244 e. The van der Waals surface area contributed by atoms with Crippen molar-refractivity contribution in [2.45, 2.75) is 59.2 Å². The molecule has 2 rings (SSSR count). The molecule has 186 valence electrons. The minimum absolute atomic E-state index is 0.0477. The third-order valence-electron chi connectivity index (χ3n) is 5.66. The zero-order chi connectivity index (χ0) is 25.5. The lowest BCUT2D eigenvalue weighted by Gasteiger charge is -2.33. The van der Waals surface area contributed by atoms with Gasteiger partial charge in [0, 0.05) is 12.6 Å². The number of carbonyl (C=O) groups is 2. The van der Waals surface area contributed by atoms with Crippen molar-refractivity contribution in [1.29, 1.82) is 0 Å². The fourth-order valence-electron chi connectivity index (χ4n) is 3.50. The first-order valence-electron chi connectivity index (χ1n) is 11.4. The number of hydrogen-bond donors (Lipinski definition) is 1. The number of halogens is 1. The Morgan fingerprint density at radius 1 is 1.03 bits per heavy atom. The van der Waals surface area contributed by atoms with E-state index in [2.05, 4.69) is 5.32 Å². The van der Waals surface area contributed by atoms with Crippen LogP contribution in [0.1, 0.15) is 44.7 Å². The Balaban J connectivity index is 2.44. The molecule has 0 aromatic heterocycles. The molecule has 0 fully saturated rings. The van der Waals surface area contributed by atoms with Gasteiger partial charge in [-0.1, -0.05) is 67.4 Å². The molecule has 0 aliphatic rings. The Hall–Kier alpha value is -2.58. The van der Waals surface area contributed by atoms with Gasteiger partial charge in [0.25, 0.3) is 0 Å². The minimum Gasteiger partial charge on any atom is -0.352 e. The fraction of sp³-hybridized carbons (Fsp3) is 0.440. The Labute approximate surface area is 208 Å². The van der Waals surface area contributed by atoms with Crippen LogP contribution in [0.3, 0.4) is 0 Å². The van der Waals surface area contributed by atoms with Crippen molar-refractivity contribution in [2.24, 2.45) is 0 Å². The molecule has 2 aromatic rings. The third-order valence-corrected chi connectivity index (χ3v) is 7.11. The van der Waals surface area contributed by atoms with Crippen LogP contribution in [-0.2, 0) is 26.2 Å². The van der Waals surface area contributed by atoms with Crippen LogP contribution >= 0.6 is 11.6 Å². The summed E-state index contributed by atoms with van der Waals surface area (Å²) in [7, 11) is -3.82. The van der Waals surface area contributed by atoms with E-state index >= 15 is 0 Å². The summed E-state index contributed by atoms with van der Waals surface area (Å²) in [6, 6.07) is 13.3. The first-order valence-corrected chi connectivity index (χ1v) is 13.6. The molecule has 2 amide bonds. The second kappa shape index (κ2) is 12.2. The monoisotopic (exact) mass is 507 g/mol. The van der Waals surface area contributed by atoms with Gasteiger partial charge in [-0.25, -0.2) is 8.42 Å². The van der Waals surface area contributed by atoms with Gasteiger partial charge in [0.15, 0.2) is 0 Å². The standard InChI is InChI=1S/C25H34ClN3O4S/c1-6-19(4)27-25(31)22(7-2)28(16-20-14-12-18(3)13-15-20)24(30)17-29(34(5,32)33)23-11-9-8-10-21(23)26/h8-15,19,22H,6-7,16-17H2,1-5H3,(H,27,31). The molecule has 34 heavy (non-hydrogen) atoms. The van der Waals surface area contributed by atoms with Gasteiger partial charge in [0.05, 0.1) is 17.0 Å². The van der Waals surface area contributed by atoms with Crippen LogP contribution in [0, 0.1) is 6.92 Å². The average Bonchev–Trinajstić information content (AvgIpc) is 2.78. The summed E-state index contributed by atoms with van der Waals surface area (Å²) < 4.78 is 26.2. The van der Waals surface area contributed by atoms with E-state index in [-0.39, 0.29) is 29.2 Å². The molecule has 2 unspecified atom stereocenters. The van der Waals surface area contributed by atoms with E-state index in [1.54, 1.807) is 24.3 Å². The molecule has 0 aliphatic heterocycles. The highest BCUT2D eigenvalue weighted by atomic mass is 35.5. The first kappa shape index (κ1) is 27.7. The Morgan fingerprint density at radius 2 is 1.65 bits per heavy atom. The number of sulfonamides is 1. The Kier molecular flexibility index (Phi) is 9.94. The van der Waals surface area contributed by atoms with Gasteiger partial charge < -0.3 is 10.2 Å². The Bertz CT molecular complexity index is 1090. The second-order valence-electron chi connectivity index (χ2n) is 8.47. The number of aryl methyl sites for hydroxylation is 1. The molecule has 0 saturated heterocycles. The number of para-hydroxylation sites is 1. The Morgan fingerprint density at radius 3 is 2.18 bits per heavy atom. The van der Waals surface area contributed by atoms with Gasteiger partial charge in [-0.2, -0.15) is 0 Å². The summed E-state index contributed by atoms with van der Waals surface area (Å²) in [4.78, 5) is 28.2. The number of benzene rings is 2. The topological polar surface area (TPSA) is 86.8 Å². The highest BCUT2D eigenvalue weighted by Gasteiger charge is 2.32. The zero-order valence-electron chi connectivity index (χ0n) is 20.4. The van der Waals surface area contributed by atoms with E-state index in [0.717, 1.165) is 28.1 Å². The predicted molar refractivity (Wildman–Crippen MR) is 137 cm³/mol.